The zero-order valence-corrected chi connectivity index (χ0v) is 17.3. The summed E-state index contributed by atoms with van der Waals surface area (Å²) in [5.74, 6) is 1.33. The quantitative estimate of drug-likeness (QED) is 0.745. The van der Waals surface area contributed by atoms with Gasteiger partial charge in [0.1, 0.15) is 5.01 Å². The number of benzene rings is 1. The Hall–Kier alpha value is -1.21. The maximum atomic E-state index is 12.4. The molecule has 8 heteroatoms. The highest BCUT2D eigenvalue weighted by Crippen LogP contribution is 2.43. The lowest BCUT2D eigenvalue weighted by Gasteiger charge is -2.09. The Labute approximate surface area is 170 Å². The number of carbonyl (C=O) groups excluding carboxylic acids is 1. The van der Waals surface area contributed by atoms with Gasteiger partial charge in [-0.15, -0.1) is 35.0 Å². The van der Waals surface area contributed by atoms with Crippen molar-refractivity contribution in [2.24, 2.45) is 5.92 Å². The molecule has 1 aromatic carbocycles. The molecule has 0 aliphatic heterocycles. The normalized spacial score (nSPS) is 20.7. The zero-order valence-electron chi connectivity index (χ0n) is 14.8. The second kappa shape index (κ2) is 8.65. The van der Waals surface area contributed by atoms with Crippen LogP contribution in [0.5, 0.6) is 0 Å². The molecule has 142 valence electrons. The minimum atomic E-state index is -0.115. The molecule has 0 bridgehead atoms. The highest BCUT2D eigenvalue weighted by molar-refractivity contribution is 7.15. The molecule has 1 aromatic heterocycles. The van der Waals surface area contributed by atoms with E-state index in [4.69, 9.17) is 0 Å². The summed E-state index contributed by atoms with van der Waals surface area (Å²) >= 11 is 1.39. The molecule has 1 heterocycles. The number of nitrogens with zero attached hydrogens (tertiary/aromatic N) is 2. The maximum absolute atomic E-state index is 12.4. The second-order valence-corrected chi connectivity index (χ2v) is 8.13. The van der Waals surface area contributed by atoms with Gasteiger partial charge in [0.15, 0.2) is 0 Å². The minimum absolute atomic E-state index is 0. The molecule has 2 aliphatic rings. The van der Waals surface area contributed by atoms with Gasteiger partial charge in [-0.05, 0) is 68.8 Å². The molecule has 2 fully saturated rings. The Kier molecular flexibility index (Phi) is 7.02. The molecular formula is C18H24Cl2N4OS. The van der Waals surface area contributed by atoms with E-state index in [1.165, 1.54) is 41.7 Å². The molecule has 5 nitrogen and oxygen atoms in total. The van der Waals surface area contributed by atoms with Crippen molar-refractivity contribution in [2.45, 2.75) is 45.1 Å². The number of hydrogen-bond acceptors (Lipinski definition) is 5. The van der Waals surface area contributed by atoms with Gasteiger partial charge in [-0.25, -0.2) is 0 Å². The van der Waals surface area contributed by atoms with Crippen LogP contribution < -0.4 is 10.6 Å². The topological polar surface area (TPSA) is 66.9 Å². The third-order valence-corrected chi connectivity index (χ3v) is 5.60. The highest BCUT2D eigenvalue weighted by atomic mass is 35.5. The maximum Gasteiger partial charge on any atom is 0.257 e. The van der Waals surface area contributed by atoms with Gasteiger partial charge in [-0.2, -0.15) is 0 Å². The molecule has 0 spiro atoms. The van der Waals surface area contributed by atoms with Crippen LogP contribution >= 0.6 is 36.2 Å². The van der Waals surface area contributed by atoms with Gasteiger partial charge in [0.25, 0.3) is 5.91 Å². The largest absolute Gasteiger partial charge is 0.313 e. The molecule has 1 amide bonds. The van der Waals surface area contributed by atoms with Crippen molar-refractivity contribution in [1.29, 1.82) is 0 Å². The van der Waals surface area contributed by atoms with Gasteiger partial charge in [-0.1, -0.05) is 17.4 Å². The van der Waals surface area contributed by atoms with E-state index in [0.717, 1.165) is 17.5 Å². The SMILES string of the molecule is Cc1nnc(NC(=O)c2ccc(C)c(C3CC3NCC3CC3)c2)s1.Cl.Cl. The summed E-state index contributed by atoms with van der Waals surface area (Å²) in [4.78, 5) is 12.4. The molecule has 2 N–H and O–H groups in total. The van der Waals surface area contributed by atoms with Crippen molar-refractivity contribution < 1.29 is 4.79 Å². The van der Waals surface area contributed by atoms with E-state index >= 15 is 0 Å². The predicted octanol–water partition coefficient (Wildman–Crippen LogP) is 4.11. The van der Waals surface area contributed by atoms with Crippen molar-refractivity contribution in [3.8, 4) is 0 Å². The summed E-state index contributed by atoms with van der Waals surface area (Å²) in [6.45, 7) is 5.15. The number of nitrogens with one attached hydrogen (secondary N) is 2. The number of aromatic nitrogens is 2. The average molecular weight is 415 g/mol. The van der Waals surface area contributed by atoms with Crippen LogP contribution in [0, 0.1) is 19.8 Å². The van der Waals surface area contributed by atoms with E-state index in [-0.39, 0.29) is 30.7 Å². The van der Waals surface area contributed by atoms with Gasteiger partial charge in [-0.3, -0.25) is 10.1 Å². The molecule has 2 saturated carbocycles. The lowest BCUT2D eigenvalue weighted by Crippen LogP contribution is -2.20. The Morgan fingerprint density at radius 1 is 1.23 bits per heavy atom. The first-order valence-corrected chi connectivity index (χ1v) is 9.37. The number of aryl methyl sites for hydroxylation is 2. The summed E-state index contributed by atoms with van der Waals surface area (Å²) in [5.41, 5.74) is 3.25. The Morgan fingerprint density at radius 3 is 2.65 bits per heavy atom. The zero-order chi connectivity index (χ0) is 16.7. The van der Waals surface area contributed by atoms with Gasteiger partial charge >= 0.3 is 0 Å². The van der Waals surface area contributed by atoms with E-state index in [1.807, 2.05) is 25.1 Å². The van der Waals surface area contributed by atoms with Crippen LogP contribution in [0.1, 0.15) is 51.7 Å². The van der Waals surface area contributed by atoms with Gasteiger partial charge in [0, 0.05) is 17.5 Å². The third-order valence-electron chi connectivity index (χ3n) is 4.84. The lowest BCUT2D eigenvalue weighted by atomic mass is 10.0. The molecule has 2 atom stereocenters. The molecule has 2 aliphatic carbocycles. The number of rotatable bonds is 6. The van der Waals surface area contributed by atoms with Crippen molar-refractivity contribution >= 4 is 47.2 Å². The molecule has 0 radical (unpaired) electrons. The third kappa shape index (κ3) is 4.94. The highest BCUT2D eigenvalue weighted by Gasteiger charge is 2.40. The summed E-state index contributed by atoms with van der Waals surface area (Å²) < 4.78 is 0. The van der Waals surface area contributed by atoms with Crippen LogP contribution in [-0.2, 0) is 0 Å². The standard InChI is InChI=1S/C18H22N4OS.2ClH/c1-10-3-6-13(17(23)20-18-22-21-11(2)24-18)7-14(10)15-8-16(15)19-9-12-4-5-12;;/h3,6-7,12,15-16,19H,4-5,8-9H2,1-2H3,(H,20,22,23);2*1H. The lowest BCUT2D eigenvalue weighted by molar-refractivity contribution is 0.102. The van der Waals surface area contributed by atoms with Crippen molar-refractivity contribution in [1.82, 2.24) is 15.5 Å². The van der Waals surface area contributed by atoms with Crippen LogP contribution in [-0.4, -0.2) is 28.7 Å². The second-order valence-electron chi connectivity index (χ2n) is 6.95. The Balaban J connectivity index is 0.00000121. The monoisotopic (exact) mass is 414 g/mol. The Bertz CT molecular complexity index is 778. The van der Waals surface area contributed by atoms with Crippen molar-refractivity contribution in [3.05, 3.63) is 39.9 Å². The van der Waals surface area contributed by atoms with E-state index in [9.17, 15) is 4.79 Å². The van der Waals surface area contributed by atoms with Gasteiger partial charge < -0.3 is 5.32 Å². The number of anilines is 1. The number of hydrogen-bond donors (Lipinski definition) is 2. The summed E-state index contributed by atoms with van der Waals surface area (Å²) in [7, 11) is 0. The van der Waals surface area contributed by atoms with Crippen LogP contribution in [0.25, 0.3) is 0 Å². The molecule has 4 rings (SSSR count). The summed E-state index contributed by atoms with van der Waals surface area (Å²) in [6.07, 6.45) is 3.93. The van der Waals surface area contributed by atoms with Gasteiger partial charge in [0.05, 0.1) is 0 Å². The van der Waals surface area contributed by atoms with Crippen LogP contribution in [0.2, 0.25) is 0 Å². The average Bonchev–Trinajstić information content (AvgIpc) is 3.46. The van der Waals surface area contributed by atoms with Crippen LogP contribution in [0.4, 0.5) is 5.13 Å². The fourth-order valence-electron chi connectivity index (χ4n) is 3.10. The first-order chi connectivity index (χ1) is 11.6. The fourth-order valence-corrected chi connectivity index (χ4v) is 3.69. The minimum Gasteiger partial charge on any atom is -0.313 e. The summed E-state index contributed by atoms with van der Waals surface area (Å²) in [5, 5.41) is 15.8. The van der Waals surface area contributed by atoms with Crippen LogP contribution in [0.15, 0.2) is 18.2 Å². The molecule has 2 aromatic rings. The molecule has 2 unspecified atom stereocenters. The van der Waals surface area contributed by atoms with E-state index < -0.39 is 0 Å². The first kappa shape index (κ1) is 21.1. The van der Waals surface area contributed by atoms with E-state index in [1.54, 1.807) is 0 Å². The van der Waals surface area contributed by atoms with E-state index in [0.29, 0.717) is 22.7 Å². The molecular weight excluding hydrogens is 391 g/mol. The number of carbonyl (C=O) groups is 1. The van der Waals surface area contributed by atoms with E-state index in [2.05, 4.69) is 27.8 Å². The summed E-state index contributed by atoms with van der Waals surface area (Å²) in [6, 6.07) is 6.55. The predicted molar refractivity (Wildman–Crippen MR) is 110 cm³/mol. The van der Waals surface area contributed by atoms with Crippen LogP contribution in [0.3, 0.4) is 0 Å². The number of halogens is 2. The number of amides is 1. The Morgan fingerprint density at radius 2 is 2.00 bits per heavy atom. The first-order valence-electron chi connectivity index (χ1n) is 8.55. The van der Waals surface area contributed by atoms with Crippen molar-refractivity contribution in [2.75, 3.05) is 11.9 Å². The van der Waals surface area contributed by atoms with Crippen molar-refractivity contribution in [3.63, 3.8) is 0 Å². The molecule has 26 heavy (non-hydrogen) atoms. The smallest absolute Gasteiger partial charge is 0.257 e. The van der Waals surface area contributed by atoms with Gasteiger partial charge in [0.2, 0.25) is 5.13 Å². The molecule has 0 saturated heterocycles. The fraction of sp³-hybridized carbons (Fsp3) is 0.500.